The summed E-state index contributed by atoms with van der Waals surface area (Å²) in [5, 5.41) is 9.22. The van der Waals surface area contributed by atoms with Gasteiger partial charge >= 0.3 is 5.97 Å². The highest BCUT2D eigenvalue weighted by atomic mass is 16.4. The molecule has 0 bridgehead atoms. The van der Waals surface area contributed by atoms with Crippen molar-refractivity contribution in [2.45, 2.75) is 26.4 Å². The minimum atomic E-state index is -1.26. The molecule has 0 unspecified atom stereocenters. The van der Waals surface area contributed by atoms with Crippen LogP contribution in [0, 0.1) is 6.92 Å². The first kappa shape index (κ1) is 17.0. The molecule has 0 aliphatic carbocycles. The van der Waals surface area contributed by atoms with Gasteiger partial charge in [-0.05, 0) is 24.5 Å². The van der Waals surface area contributed by atoms with Crippen LogP contribution in [-0.4, -0.2) is 38.0 Å². The maximum absolute atomic E-state index is 12.7. The predicted octanol–water partition coefficient (Wildman–Crippen LogP) is 1.58. The number of nitrogens with zero attached hydrogens (tertiary/aromatic N) is 3. The highest BCUT2D eigenvalue weighted by Crippen LogP contribution is 2.21. The van der Waals surface area contributed by atoms with Gasteiger partial charge in [0.1, 0.15) is 29.6 Å². The zero-order valence-electron chi connectivity index (χ0n) is 14.6. The molecule has 4 rings (SSSR count). The Balaban J connectivity index is 1.63. The number of carboxylic acids is 1. The van der Waals surface area contributed by atoms with E-state index in [4.69, 9.17) is 4.42 Å². The lowest BCUT2D eigenvalue weighted by molar-refractivity contribution is -0.132. The quantitative estimate of drug-likeness (QED) is 0.753. The third kappa shape index (κ3) is 2.88. The highest BCUT2D eigenvalue weighted by molar-refractivity contribution is 6.02. The first-order valence-electron chi connectivity index (χ1n) is 8.52. The molecule has 0 atom stereocenters. The van der Waals surface area contributed by atoms with Crippen LogP contribution in [0.2, 0.25) is 0 Å². The van der Waals surface area contributed by atoms with E-state index in [0.717, 1.165) is 16.6 Å². The van der Waals surface area contributed by atoms with Gasteiger partial charge in [0.2, 0.25) is 11.6 Å². The Kier molecular flexibility index (Phi) is 4.02. The van der Waals surface area contributed by atoms with Crippen LogP contribution in [0.3, 0.4) is 0 Å². The molecule has 0 fully saturated rings. The van der Waals surface area contributed by atoms with E-state index in [2.05, 4.69) is 4.98 Å². The van der Waals surface area contributed by atoms with E-state index in [1.807, 2.05) is 24.3 Å². The molecule has 8 heteroatoms. The van der Waals surface area contributed by atoms with Crippen LogP contribution in [0.25, 0.3) is 11.1 Å². The molecular formula is C19H17N3O5. The topological polar surface area (TPSA) is 106 Å². The normalized spacial score (nSPS) is 13.6. The first-order valence-corrected chi connectivity index (χ1v) is 8.52. The number of aryl methyl sites for hydroxylation is 1. The molecule has 0 saturated heterocycles. The number of carbonyl (C=O) groups is 2. The van der Waals surface area contributed by atoms with E-state index < -0.39 is 11.5 Å². The molecule has 1 aromatic carbocycles. The second-order valence-electron chi connectivity index (χ2n) is 6.53. The van der Waals surface area contributed by atoms with Crippen molar-refractivity contribution in [3.8, 4) is 0 Å². The molecule has 3 heterocycles. The van der Waals surface area contributed by atoms with Gasteiger partial charge in [-0.1, -0.05) is 24.3 Å². The zero-order chi connectivity index (χ0) is 19.1. The van der Waals surface area contributed by atoms with Crippen LogP contribution < -0.4 is 5.56 Å². The van der Waals surface area contributed by atoms with Gasteiger partial charge in [-0.15, -0.1) is 0 Å². The number of hydrogen-bond donors (Lipinski definition) is 1. The van der Waals surface area contributed by atoms with Crippen molar-refractivity contribution < 1.29 is 19.1 Å². The summed E-state index contributed by atoms with van der Waals surface area (Å²) in [5.41, 5.74) is 1.47. The molecule has 0 radical (unpaired) electrons. The second kappa shape index (κ2) is 6.39. The van der Waals surface area contributed by atoms with Crippen LogP contribution in [0.5, 0.6) is 0 Å². The predicted molar refractivity (Wildman–Crippen MR) is 95.5 cm³/mol. The van der Waals surface area contributed by atoms with E-state index in [1.54, 1.807) is 4.90 Å². The fourth-order valence-electron chi connectivity index (χ4n) is 3.46. The minimum absolute atomic E-state index is 0.0366. The fraction of sp³-hybridized carbons (Fsp3) is 0.263. The van der Waals surface area contributed by atoms with Crippen molar-refractivity contribution >= 4 is 23.0 Å². The zero-order valence-corrected chi connectivity index (χ0v) is 14.6. The number of benzene rings is 1. The first-order chi connectivity index (χ1) is 13.0. The van der Waals surface area contributed by atoms with Gasteiger partial charge in [0, 0.05) is 13.1 Å². The van der Waals surface area contributed by atoms with E-state index in [1.165, 1.54) is 18.8 Å². The summed E-state index contributed by atoms with van der Waals surface area (Å²) in [7, 11) is 0. The molecule has 1 aliphatic heterocycles. The number of furan rings is 1. The number of hydrogen-bond acceptors (Lipinski definition) is 5. The van der Waals surface area contributed by atoms with Crippen molar-refractivity contribution in [1.29, 1.82) is 0 Å². The van der Waals surface area contributed by atoms with Gasteiger partial charge in [-0.2, -0.15) is 0 Å². The molecule has 1 N–H and O–H groups in total. The van der Waals surface area contributed by atoms with Crippen molar-refractivity contribution in [3.05, 3.63) is 63.4 Å². The number of aromatic carboxylic acids is 1. The number of fused-ring (bicyclic) bond motifs is 2. The third-order valence-electron chi connectivity index (χ3n) is 4.86. The Hall–Kier alpha value is -3.42. The lowest BCUT2D eigenvalue weighted by Crippen LogP contribution is -2.39. The second-order valence-corrected chi connectivity index (χ2v) is 6.53. The smallest absolute Gasteiger partial charge is 0.340 e. The molecular weight excluding hydrogens is 350 g/mol. The number of carboxylic acid groups (broad SMARTS) is 1. The standard InChI is InChI=1S/C19H17N3O5/c1-11-15(19(25)26)16-17(27-11)20-10-22(18(16)24)9-14(23)21-7-6-12-4-2-3-5-13(12)8-21/h2-5,10H,6-9H2,1H3,(H,25,26). The van der Waals surface area contributed by atoms with Crippen molar-refractivity contribution in [2.24, 2.45) is 0 Å². The van der Waals surface area contributed by atoms with Crippen molar-refractivity contribution in [3.63, 3.8) is 0 Å². The maximum Gasteiger partial charge on any atom is 0.340 e. The van der Waals surface area contributed by atoms with E-state index in [0.29, 0.717) is 13.1 Å². The highest BCUT2D eigenvalue weighted by Gasteiger charge is 2.24. The van der Waals surface area contributed by atoms with E-state index >= 15 is 0 Å². The molecule has 27 heavy (non-hydrogen) atoms. The summed E-state index contributed by atoms with van der Waals surface area (Å²) >= 11 is 0. The largest absolute Gasteiger partial charge is 0.478 e. The Morgan fingerprint density at radius 1 is 1.26 bits per heavy atom. The maximum atomic E-state index is 12.7. The Labute approximate surface area is 153 Å². The summed E-state index contributed by atoms with van der Waals surface area (Å²) in [6.45, 7) is 2.33. The lowest BCUT2D eigenvalue weighted by Gasteiger charge is -2.29. The molecule has 138 valence electrons. The van der Waals surface area contributed by atoms with Gasteiger partial charge in [0.25, 0.3) is 5.56 Å². The molecule has 0 spiro atoms. The monoisotopic (exact) mass is 367 g/mol. The molecule has 2 aromatic heterocycles. The van der Waals surface area contributed by atoms with E-state index in [-0.39, 0.29) is 34.9 Å². The summed E-state index contributed by atoms with van der Waals surface area (Å²) in [6, 6.07) is 7.95. The Morgan fingerprint density at radius 3 is 2.74 bits per heavy atom. The summed E-state index contributed by atoms with van der Waals surface area (Å²) in [4.78, 5) is 42.5. The average Bonchev–Trinajstić information content (AvgIpc) is 3.00. The van der Waals surface area contributed by atoms with Crippen LogP contribution in [-0.2, 0) is 24.3 Å². The average molecular weight is 367 g/mol. The number of rotatable bonds is 3. The third-order valence-corrected chi connectivity index (χ3v) is 4.86. The van der Waals surface area contributed by atoms with Gasteiger partial charge < -0.3 is 14.4 Å². The van der Waals surface area contributed by atoms with Gasteiger partial charge in [-0.3, -0.25) is 14.2 Å². The number of amides is 1. The van der Waals surface area contributed by atoms with Crippen LogP contribution in [0.1, 0.15) is 27.2 Å². The Morgan fingerprint density at radius 2 is 2.00 bits per heavy atom. The van der Waals surface area contributed by atoms with Gasteiger partial charge in [0.05, 0.1) is 0 Å². The molecule has 1 amide bonds. The number of carbonyl (C=O) groups excluding carboxylic acids is 1. The summed E-state index contributed by atoms with van der Waals surface area (Å²) < 4.78 is 6.39. The summed E-state index contributed by atoms with van der Waals surface area (Å²) in [6.07, 6.45) is 1.98. The van der Waals surface area contributed by atoms with Crippen LogP contribution >= 0.6 is 0 Å². The van der Waals surface area contributed by atoms with Crippen molar-refractivity contribution in [2.75, 3.05) is 6.54 Å². The SMILES string of the molecule is Cc1oc2ncn(CC(=O)N3CCc4ccccc4C3)c(=O)c2c1C(=O)O. The lowest BCUT2D eigenvalue weighted by atomic mass is 10.00. The Bertz CT molecular complexity index is 1130. The molecule has 3 aromatic rings. The number of aromatic nitrogens is 2. The van der Waals surface area contributed by atoms with Crippen LogP contribution in [0.4, 0.5) is 0 Å². The molecule has 1 aliphatic rings. The van der Waals surface area contributed by atoms with Crippen molar-refractivity contribution in [1.82, 2.24) is 14.5 Å². The van der Waals surface area contributed by atoms with Gasteiger partial charge in [-0.25, -0.2) is 9.78 Å². The molecule has 8 nitrogen and oxygen atoms in total. The summed E-state index contributed by atoms with van der Waals surface area (Å²) in [5.74, 6) is -1.37. The minimum Gasteiger partial charge on any atom is -0.478 e. The van der Waals surface area contributed by atoms with Gasteiger partial charge in [0.15, 0.2) is 0 Å². The van der Waals surface area contributed by atoms with Crippen LogP contribution in [0.15, 0.2) is 39.8 Å². The fourth-order valence-corrected chi connectivity index (χ4v) is 3.46. The van der Waals surface area contributed by atoms with E-state index in [9.17, 15) is 19.5 Å². The molecule has 0 saturated carbocycles.